The van der Waals surface area contributed by atoms with Crippen molar-refractivity contribution in [3.05, 3.63) is 77.5 Å². The van der Waals surface area contributed by atoms with E-state index < -0.39 is 0 Å². The van der Waals surface area contributed by atoms with Crippen LogP contribution in [-0.4, -0.2) is 23.5 Å². The van der Waals surface area contributed by atoms with E-state index in [0.29, 0.717) is 35.0 Å². The van der Waals surface area contributed by atoms with Crippen LogP contribution in [0.2, 0.25) is 0 Å². The normalized spacial score (nSPS) is 11.8. The Balaban J connectivity index is 1.36. The van der Waals surface area contributed by atoms with Crippen molar-refractivity contribution in [3.8, 4) is 11.5 Å². The molecule has 0 radical (unpaired) electrons. The number of anilines is 2. The topological polar surface area (TPSA) is 89.6 Å². The first-order valence-electron chi connectivity index (χ1n) is 9.09. The van der Waals surface area contributed by atoms with Gasteiger partial charge in [0.2, 0.25) is 6.79 Å². The summed E-state index contributed by atoms with van der Waals surface area (Å²) in [5.74, 6) is 1.75. The number of carbonyl (C=O) groups is 2. The summed E-state index contributed by atoms with van der Waals surface area (Å²) in [6, 6.07) is 16.1. The molecular formula is C22H19N3O4. The van der Waals surface area contributed by atoms with Crippen molar-refractivity contribution >= 4 is 23.2 Å². The molecule has 1 aliphatic rings. The quantitative estimate of drug-likeness (QED) is 0.625. The van der Waals surface area contributed by atoms with Gasteiger partial charge in [-0.15, -0.1) is 0 Å². The lowest BCUT2D eigenvalue weighted by Gasteiger charge is -2.09. The first-order valence-corrected chi connectivity index (χ1v) is 9.09. The van der Waals surface area contributed by atoms with Gasteiger partial charge in [0.1, 0.15) is 5.82 Å². The van der Waals surface area contributed by atoms with Crippen LogP contribution in [0.15, 0.2) is 60.8 Å². The standard InChI is InChI=1S/C22H19N3O4/c1-14(26)16-3-2-4-18(10-16)25-21-8-6-17(12-23-21)22(27)24-11-15-5-7-19-20(9-15)29-13-28-19/h2-10,12H,11,13H2,1H3,(H,23,25)(H,24,27). The van der Waals surface area contributed by atoms with Crippen molar-refractivity contribution in [3.63, 3.8) is 0 Å². The fourth-order valence-electron chi connectivity index (χ4n) is 2.90. The summed E-state index contributed by atoms with van der Waals surface area (Å²) in [6.45, 7) is 2.11. The predicted octanol–water partition coefficient (Wildman–Crippen LogP) is 3.69. The van der Waals surface area contributed by atoms with Crippen LogP contribution in [0.1, 0.15) is 33.2 Å². The summed E-state index contributed by atoms with van der Waals surface area (Å²) >= 11 is 0. The molecule has 2 heterocycles. The van der Waals surface area contributed by atoms with Crippen LogP contribution in [0.5, 0.6) is 11.5 Å². The van der Waals surface area contributed by atoms with E-state index in [4.69, 9.17) is 9.47 Å². The third-order valence-electron chi connectivity index (χ3n) is 4.46. The van der Waals surface area contributed by atoms with Crippen LogP contribution in [0.3, 0.4) is 0 Å². The largest absolute Gasteiger partial charge is 0.454 e. The van der Waals surface area contributed by atoms with Gasteiger partial charge in [0.25, 0.3) is 5.91 Å². The van der Waals surface area contributed by atoms with Gasteiger partial charge in [0.05, 0.1) is 5.56 Å². The third-order valence-corrected chi connectivity index (χ3v) is 4.46. The predicted molar refractivity (Wildman–Crippen MR) is 108 cm³/mol. The molecule has 0 bridgehead atoms. The molecule has 2 aromatic carbocycles. The van der Waals surface area contributed by atoms with Crippen molar-refractivity contribution in [2.24, 2.45) is 0 Å². The second-order valence-corrected chi connectivity index (χ2v) is 6.56. The molecule has 0 saturated carbocycles. The molecule has 0 saturated heterocycles. The molecule has 0 spiro atoms. The lowest BCUT2D eigenvalue weighted by Crippen LogP contribution is -2.22. The van der Waals surface area contributed by atoms with E-state index in [-0.39, 0.29) is 18.5 Å². The van der Waals surface area contributed by atoms with E-state index in [2.05, 4.69) is 15.6 Å². The van der Waals surface area contributed by atoms with Gasteiger partial charge >= 0.3 is 0 Å². The highest BCUT2D eigenvalue weighted by atomic mass is 16.7. The lowest BCUT2D eigenvalue weighted by molar-refractivity contribution is 0.0949. The Labute approximate surface area is 167 Å². The van der Waals surface area contributed by atoms with Crippen molar-refractivity contribution in [1.29, 1.82) is 0 Å². The molecule has 0 aliphatic carbocycles. The number of ether oxygens (including phenoxy) is 2. The molecule has 146 valence electrons. The molecule has 29 heavy (non-hydrogen) atoms. The highest BCUT2D eigenvalue weighted by Gasteiger charge is 2.14. The maximum absolute atomic E-state index is 12.4. The van der Waals surface area contributed by atoms with Crippen LogP contribution >= 0.6 is 0 Å². The molecule has 4 rings (SSSR count). The Hall–Kier alpha value is -3.87. The highest BCUT2D eigenvalue weighted by molar-refractivity contribution is 5.95. The number of nitrogens with zero attached hydrogens (tertiary/aromatic N) is 1. The van der Waals surface area contributed by atoms with Gasteiger partial charge in [-0.05, 0) is 48.9 Å². The Kier molecular flexibility index (Phi) is 5.11. The zero-order valence-corrected chi connectivity index (χ0v) is 15.8. The van der Waals surface area contributed by atoms with Gasteiger partial charge in [-0.25, -0.2) is 4.98 Å². The average molecular weight is 389 g/mol. The lowest BCUT2D eigenvalue weighted by atomic mass is 10.1. The van der Waals surface area contributed by atoms with E-state index in [1.807, 2.05) is 24.3 Å². The van der Waals surface area contributed by atoms with Crippen molar-refractivity contribution in [2.45, 2.75) is 13.5 Å². The van der Waals surface area contributed by atoms with E-state index in [9.17, 15) is 9.59 Å². The minimum Gasteiger partial charge on any atom is -0.454 e. The molecule has 7 nitrogen and oxygen atoms in total. The average Bonchev–Trinajstić information content (AvgIpc) is 3.20. The highest BCUT2D eigenvalue weighted by Crippen LogP contribution is 2.32. The number of fused-ring (bicyclic) bond motifs is 1. The van der Waals surface area contributed by atoms with Crippen molar-refractivity contribution in [1.82, 2.24) is 10.3 Å². The van der Waals surface area contributed by atoms with Crippen molar-refractivity contribution < 1.29 is 19.1 Å². The number of nitrogens with one attached hydrogen (secondary N) is 2. The summed E-state index contributed by atoms with van der Waals surface area (Å²) in [4.78, 5) is 28.1. The van der Waals surface area contributed by atoms with Gasteiger partial charge in [-0.1, -0.05) is 18.2 Å². The van der Waals surface area contributed by atoms with E-state index >= 15 is 0 Å². The summed E-state index contributed by atoms with van der Waals surface area (Å²) in [5, 5.41) is 5.99. The summed E-state index contributed by atoms with van der Waals surface area (Å²) < 4.78 is 10.6. The van der Waals surface area contributed by atoms with E-state index in [1.54, 1.807) is 30.3 Å². The summed E-state index contributed by atoms with van der Waals surface area (Å²) in [5.41, 5.74) is 2.74. The number of hydrogen-bond acceptors (Lipinski definition) is 6. The van der Waals surface area contributed by atoms with Crippen LogP contribution in [0.25, 0.3) is 0 Å². The van der Waals surface area contributed by atoms with E-state index in [1.165, 1.54) is 13.1 Å². The second kappa shape index (κ2) is 8.02. The minimum absolute atomic E-state index is 0.00362. The molecule has 0 fully saturated rings. The molecule has 0 unspecified atom stereocenters. The fourth-order valence-corrected chi connectivity index (χ4v) is 2.90. The molecule has 7 heteroatoms. The monoisotopic (exact) mass is 389 g/mol. The van der Waals surface area contributed by atoms with Crippen molar-refractivity contribution in [2.75, 3.05) is 12.1 Å². The van der Waals surface area contributed by atoms with Gasteiger partial charge in [-0.3, -0.25) is 9.59 Å². The van der Waals surface area contributed by atoms with Gasteiger partial charge in [-0.2, -0.15) is 0 Å². The molecule has 0 atom stereocenters. The van der Waals surface area contributed by atoms with Gasteiger partial charge < -0.3 is 20.1 Å². The zero-order valence-electron chi connectivity index (χ0n) is 15.8. The summed E-state index contributed by atoms with van der Waals surface area (Å²) in [6.07, 6.45) is 1.51. The molecule has 1 aromatic heterocycles. The van der Waals surface area contributed by atoms with Gasteiger partial charge in [0, 0.05) is 24.0 Å². The maximum Gasteiger partial charge on any atom is 0.253 e. The Bertz CT molecular complexity index is 1060. The van der Waals surface area contributed by atoms with Crippen LogP contribution in [0, 0.1) is 0 Å². The number of hydrogen-bond donors (Lipinski definition) is 2. The number of rotatable bonds is 6. The number of carbonyl (C=O) groups excluding carboxylic acids is 2. The number of amides is 1. The smallest absolute Gasteiger partial charge is 0.253 e. The maximum atomic E-state index is 12.4. The number of pyridine rings is 1. The van der Waals surface area contributed by atoms with Crippen LogP contribution < -0.4 is 20.1 Å². The van der Waals surface area contributed by atoms with Crippen LogP contribution in [0.4, 0.5) is 11.5 Å². The first-order chi connectivity index (χ1) is 14.1. The molecule has 1 amide bonds. The summed E-state index contributed by atoms with van der Waals surface area (Å²) in [7, 11) is 0. The zero-order chi connectivity index (χ0) is 20.2. The number of Topliss-reactive ketones (excluding diaryl/α,β-unsaturated/α-hetero) is 1. The number of ketones is 1. The first kappa shape index (κ1) is 18.5. The van der Waals surface area contributed by atoms with Gasteiger partial charge in [0.15, 0.2) is 17.3 Å². The van der Waals surface area contributed by atoms with E-state index in [0.717, 1.165) is 11.3 Å². The number of benzene rings is 2. The number of aromatic nitrogens is 1. The third kappa shape index (κ3) is 4.35. The molecule has 3 aromatic rings. The fraction of sp³-hybridized carbons (Fsp3) is 0.136. The SMILES string of the molecule is CC(=O)c1cccc(Nc2ccc(C(=O)NCc3ccc4c(c3)OCO4)cn2)c1. The Morgan fingerprint density at radius 1 is 1.00 bits per heavy atom. The minimum atomic E-state index is -0.222. The Morgan fingerprint density at radius 3 is 2.66 bits per heavy atom. The molecule has 2 N–H and O–H groups in total. The Morgan fingerprint density at radius 2 is 1.86 bits per heavy atom. The van der Waals surface area contributed by atoms with Crippen LogP contribution in [-0.2, 0) is 6.54 Å². The molecular weight excluding hydrogens is 370 g/mol. The second-order valence-electron chi connectivity index (χ2n) is 6.56. The molecule has 1 aliphatic heterocycles.